The van der Waals surface area contributed by atoms with Gasteiger partial charge in [-0.1, -0.05) is 103 Å². The van der Waals surface area contributed by atoms with Crippen molar-refractivity contribution in [2.45, 2.75) is 181 Å². The number of rotatable bonds is 13. The first-order valence-corrected chi connectivity index (χ1v) is 41.0. The van der Waals surface area contributed by atoms with E-state index in [2.05, 4.69) is 76.3 Å². The summed E-state index contributed by atoms with van der Waals surface area (Å²) in [5, 5.41) is 69.1. The minimum absolute atomic E-state index is 0.00660. The highest BCUT2D eigenvalue weighted by molar-refractivity contribution is 6.35. The third kappa shape index (κ3) is 20.4. The van der Waals surface area contributed by atoms with Crippen LogP contribution in [-0.2, 0) is 40.4 Å². The van der Waals surface area contributed by atoms with Crippen LogP contribution in [-0.4, -0.2) is 191 Å². The topological polar surface area (TPSA) is 349 Å². The normalized spacial score (nSPS) is 19.5. The molecule has 0 bridgehead atoms. The molecule has 0 saturated carbocycles. The number of pyridine rings is 2. The molecule has 12 heterocycles. The highest BCUT2D eigenvalue weighted by atomic mass is 35.5. The highest BCUT2D eigenvalue weighted by Gasteiger charge is 2.43. The van der Waals surface area contributed by atoms with Crippen LogP contribution in [0.3, 0.4) is 0 Å². The molecule has 4 amide bonds. The monoisotopic (exact) mass is 1690 g/mol. The van der Waals surface area contributed by atoms with Gasteiger partial charge in [0.2, 0.25) is 0 Å². The molecule has 29 nitrogen and oxygen atoms in total. The van der Waals surface area contributed by atoms with Gasteiger partial charge in [-0.15, -0.1) is 0 Å². The number of amides is 4. The van der Waals surface area contributed by atoms with Crippen molar-refractivity contribution in [3.63, 3.8) is 0 Å². The molecule has 123 heavy (non-hydrogen) atoms. The molecule has 0 unspecified atom stereocenters. The van der Waals surface area contributed by atoms with E-state index in [1.807, 2.05) is 132 Å². The molecular weight excluding hydrogens is 1590 g/mol. The smallest absolute Gasteiger partial charge is 0.417 e. The number of benzene rings is 5. The molecule has 4 saturated heterocycles. The van der Waals surface area contributed by atoms with E-state index < -0.39 is 52.9 Å². The van der Waals surface area contributed by atoms with Crippen LogP contribution in [0.2, 0.25) is 5.02 Å². The Morgan fingerprint density at radius 2 is 0.951 bits per heavy atom. The van der Waals surface area contributed by atoms with Gasteiger partial charge in [0, 0.05) is 75.5 Å². The molecule has 5 aromatic carbocycles. The van der Waals surface area contributed by atoms with Crippen molar-refractivity contribution in [1.82, 2.24) is 59.3 Å². The number of aromatic amines is 1. The first-order chi connectivity index (χ1) is 58.8. The van der Waals surface area contributed by atoms with Gasteiger partial charge in [0.1, 0.15) is 34.8 Å². The fourth-order valence-corrected chi connectivity index (χ4v) is 15.6. The number of nitrogens with zero attached hydrogens (tertiary/aromatic N) is 17. The van der Waals surface area contributed by atoms with Crippen molar-refractivity contribution >= 4 is 64.8 Å². The summed E-state index contributed by atoms with van der Waals surface area (Å²) in [6, 6.07) is 52.7. The third-order valence-corrected chi connectivity index (χ3v) is 22.2. The first kappa shape index (κ1) is 87.6. The number of esters is 1. The number of hydrogen-bond acceptors (Lipinski definition) is 23. The Labute approximate surface area is 715 Å². The average Bonchev–Trinajstić information content (AvgIpc) is 1.62. The highest BCUT2D eigenvalue weighted by Crippen LogP contribution is 2.39. The molecule has 0 radical (unpaired) electrons. The zero-order valence-corrected chi connectivity index (χ0v) is 70.6. The van der Waals surface area contributed by atoms with Gasteiger partial charge >= 0.3 is 18.2 Å². The van der Waals surface area contributed by atoms with Crippen molar-refractivity contribution in [2.75, 3.05) is 45.8 Å². The Morgan fingerprint density at radius 1 is 0.520 bits per heavy atom. The number of halogens is 3. The fraction of sp³-hybridized carbons (Fsp3) is 0.352. The molecule has 4 N–H and O–H groups in total. The molecule has 32 heteroatoms. The van der Waals surface area contributed by atoms with Crippen LogP contribution >= 0.6 is 11.6 Å². The largest absolute Gasteiger partial charge is 0.457 e. The van der Waals surface area contributed by atoms with Gasteiger partial charge in [-0.2, -0.15) is 30.9 Å². The number of aliphatic hydroxyl groups is 3. The number of hydrogen-bond donors (Lipinski definition) is 4. The number of nitrogens with one attached hydrogen (secondary N) is 1. The Bertz CT molecular complexity index is 5690. The molecule has 4 fully saturated rings. The van der Waals surface area contributed by atoms with Crippen molar-refractivity contribution < 1.29 is 62.3 Å². The molecule has 17 rings (SSSR count). The number of aromatic nitrogens is 10. The number of ether oxygens (including phenoxy) is 3. The lowest BCUT2D eigenvalue weighted by Gasteiger charge is -2.24. The van der Waals surface area contributed by atoms with Crippen LogP contribution in [0.1, 0.15) is 160 Å². The quantitative estimate of drug-likeness (QED) is 0.0615. The molecular formula is C91H97ClF2N18O11. The van der Waals surface area contributed by atoms with E-state index in [0.29, 0.717) is 24.3 Å². The number of carbonyl (C=O) groups is 5. The molecule has 6 aromatic heterocycles. The summed E-state index contributed by atoms with van der Waals surface area (Å²) < 4.78 is 51.0. The Hall–Kier alpha value is -13.2. The van der Waals surface area contributed by atoms with Crippen LogP contribution in [0.4, 0.5) is 41.6 Å². The molecule has 8 atom stereocenters. The summed E-state index contributed by atoms with van der Waals surface area (Å²) in [5.74, 6) is 0.707. The summed E-state index contributed by atoms with van der Waals surface area (Å²) in [5.41, 5.74) is 2.82. The number of fused-ring (bicyclic) bond motifs is 2. The van der Waals surface area contributed by atoms with Crippen LogP contribution in [0.5, 0.6) is 0 Å². The summed E-state index contributed by atoms with van der Waals surface area (Å²) >= 11 is 6.23. The Morgan fingerprint density at radius 3 is 1.41 bits per heavy atom. The van der Waals surface area contributed by atoms with E-state index in [1.165, 1.54) is 64.3 Å². The maximum Gasteiger partial charge on any atom is 0.417 e. The predicted octanol–water partition coefficient (Wildman–Crippen LogP) is 14.1. The summed E-state index contributed by atoms with van der Waals surface area (Å²) in [6.07, 6.45) is 7.79. The van der Waals surface area contributed by atoms with Gasteiger partial charge in [-0.25, -0.2) is 47.6 Å². The number of carbonyl (C=O) groups excluding carboxylic acids is 5. The number of H-pyrrole nitrogens is 1. The second kappa shape index (κ2) is 37.8. The Balaban J connectivity index is 0.000000138. The van der Waals surface area contributed by atoms with Crippen molar-refractivity contribution in [2.24, 2.45) is 0 Å². The second-order valence-corrected chi connectivity index (χ2v) is 33.0. The number of aliphatic hydroxyl groups excluding tert-OH is 3. The van der Waals surface area contributed by atoms with E-state index >= 15 is 0 Å². The predicted molar refractivity (Wildman–Crippen MR) is 457 cm³/mol. The zero-order chi connectivity index (χ0) is 87.7. The molecule has 0 aliphatic carbocycles. The summed E-state index contributed by atoms with van der Waals surface area (Å²) in [6.45, 7) is 22.7. The van der Waals surface area contributed by atoms with Gasteiger partial charge in [0.05, 0.1) is 159 Å². The van der Waals surface area contributed by atoms with Crippen LogP contribution in [0, 0.1) is 34.3 Å². The lowest BCUT2D eigenvalue weighted by atomic mass is 10.0. The molecule has 11 aromatic rings. The van der Waals surface area contributed by atoms with Gasteiger partial charge in [0.25, 0.3) is 11.8 Å². The average molecular weight is 1690 g/mol. The van der Waals surface area contributed by atoms with Gasteiger partial charge in [-0.3, -0.25) is 24.1 Å². The molecule has 6 aliphatic rings. The van der Waals surface area contributed by atoms with Crippen molar-refractivity contribution in [3.05, 3.63) is 256 Å². The van der Waals surface area contributed by atoms with Crippen molar-refractivity contribution in [1.29, 1.82) is 10.5 Å². The lowest BCUT2D eigenvalue weighted by Crippen LogP contribution is -2.37. The number of imide groups is 2. The van der Waals surface area contributed by atoms with Crippen LogP contribution < -0.4 is 19.6 Å². The Kier molecular flexibility index (Phi) is 27.0. The summed E-state index contributed by atoms with van der Waals surface area (Å²) in [7, 11) is 0. The maximum absolute atomic E-state index is 15.0. The molecule has 638 valence electrons. The van der Waals surface area contributed by atoms with Crippen molar-refractivity contribution in [3.8, 4) is 40.3 Å². The summed E-state index contributed by atoms with van der Waals surface area (Å²) in [4.78, 5) is 82.6. The SMILES string of the molecule is CC(C)(C)OC(=O)N1Cc2nc(-c3c(F)cccc3C#N)cc(Cl)c2C1=O.C[C@H]1[C@H](O)CCN1c1ccn(-c2cc(-c3c(F)cccc3C#N)nc3c2C(=O)N(C(=O)OC(C)(C)C)C3)n1.C[C@H]1[C@H](O)CCN1c1ccn(Cc2ccccc2)n1.C[C@H]1[C@H](O)CCN1c1ccn[nH]1.C[C@H]1[C@H](OC(=O)c2ccccc2)CCN1c1ccn(Cc2ccccc2)n1. The number of nitriles is 2. The van der Waals surface area contributed by atoms with E-state index in [4.69, 9.17) is 30.9 Å². The van der Waals surface area contributed by atoms with Crippen LogP contribution in [0.25, 0.3) is 28.2 Å². The fourth-order valence-electron chi connectivity index (χ4n) is 15.3. The first-order valence-electron chi connectivity index (χ1n) is 40.6. The lowest BCUT2D eigenvalue weighted by molar-refractivity contribution is 0.0230. The maximum atomic E-state index is 15.0. The minimum Gasteiger partial charge on any atom is -0.457 e. The third-order valence-electron chi connectivity index (χ3n) is 21.9. The van der Waals surface area contributed by atoms with E-state index in [0.717, 1.165) is 79.2 Å². The van der Waals surface area contributed by atoms with Crippen LogP contribution in [0.15, 0.2) is 189 Å². The molecule has 0 spiro atoms. The second-order valence-electron chi connectivity index (χ2n) is 32.6. The van der Waals surface area contributed by atoms with E-state index in [1.54, 1.807) is 72.1 Å². The zero-order valence-electron chi connectivity index (χ0n) is 69.8. The van der Waals surface area contributed by atoms with E-state index in [9.17, 15) is 58.6 Å². The minimum atomic E-state index is -0.823. The van der Waals surface area contributed by atoms with Gasteiger partial charge in [0.15, 0.2) is 17.5 Å². The number of anilines is 4. The molecule has 6 aliphatic heterocycles. The van der Waals surface area contributed by atoms with Gasteiger partial charge < -0.3 is 49.1 Å². The van der Waals surface area contributed by atoms with E-state index in [-0.39, 0.29) is 128 Å². The standard InChI is InChI=1S/C27H27FN6O4.C22H23N3O2.C19H15ClFN3O3.C15H19N3O.C8H13N3O/c1-15-21(35)8-10-32(15)22-9-11-34(31-22)20-12-18(23-16(13-29)6-5-7-17(23)28)30-19-14-33(25(36)24(19)20)26(37)38-27(2,3)4;1-17-20(27-22(26)19-10-6-3-7-11-19)12-15-25(17)21-13-14-24(23-21)16-18-8-4-2-5-9-18;1-19(2,3)27-18(26)24-9-14-16(17(24)25)11(20)7-13(23-14)15-10(8-22)5-4-6-12(15)21;1-12-14(19)7-10-18(12)15-8-9-17(16-15)11-13-5-3-2-4-6-13;1-6-7(12)3-5-11(6)8-2-4-9-10-8/h5-7,9,11-12,15,21,35H,8,10,14H2,1-4H3;2-11,13-14,17,20H,12,15-16H2,1H3;4-7H,9H2,1-3H3;2-6,8-9,12,14,19H,7,10-11H2,1H3;2,4,6-7,12H,3,5H2,1H3,(H,9,10)/t15-,21+;17-,20+;;12-,14+;6-,7+/m00.00/s1. The van der Waals surface area contributed by atoms with Gasteiger partial charge in [-0.05, 0) is 148 Å².